The molecule has 12 heavy (non-hydrogen) atoms. The second-order valence-electron chi connectivity index (χ2n) is 2.93. The smallest absolute Gasteiger partial charge is 0.0701 e. The van der Waals surface area contributed by atoms with Crippen LogP contribution in [0.3, 0.4) is 0 Å². The molecule has 1 saturated heterocycles. The van der Waals surface area contributed by atoms with E-state index in [2.05, 4.69) is 18.6 Å². The van der Waals surface area contributed by atoms with Gasteiger partial charge in [0.05, 0.1) is 13.2 Å². The first-order valence-corrected chi connectivity index (χ1v) is 5.07. The lowest BCUT2D eigenvalue weighted by molar-refractivity contribution is 0.128. The fourth-order valence-electron chi connectivity index (χ4n) is 0.595. The molecule has 2 nitrogen and oxygen atoms in total. The van der Waals surface area contributed by atoms with Crippen LogP contribution in [0.1, 0.15) is 39.5 Å². The number of epoxide rings is 1. The van der Waals surface area contributed by atoms with E-state index in [1.807, 2.05) is 0 Å². The fraction of sp³-hybridized carbons (Fsp3) is 1.00. The van der Waals surface area contributed by atoms with Crippen molar-refractivity contribution < 1.29 is 9.47 Å². The molecule has 2 heteroatoms. The van der Waals surface area contributed by atoms with Gasteiger partial charge in [0, 0.05) is 13.2 Å². The van der Waals surface area contributed by atoms with Crippen LogP contribution in [-0.2, 0) is 9.47 Å². The molecule has 0 aromatic heterocycles. The summed E-state index contributed by atoms with van der Waals surface area (Å²) >= 11 is 0. The van der Waals surface area contributed by atoms with E-state index in [1.165, 1.54) is 25.7 Å². The van der Waals surface area contributed by atoms with E-state index in [-0.39, 0.29) is 0 Å². The van der Waals surface area contributed by atoms with E-state index in [4.69, 9.17) is 4.74 Å². The summed E-state index contributed by atoms with van der Waals surface area (Å²) in [5.41, 5.74) is 0. The lowest BCUT2D eigenvalue weighted by atomic mass is 10.3. The highest BCUT2D eigenvalue weighted by Gasteiger charge is 1.94. The minimum atomic E-state index is 0.955. The largest absolute Gasteiger partial charge is 0.381 e. The second-order valence-corrected chi connectivity index (χ2v) is 2.93. The van der Waals surface area contributed by atoms with Gasteiger partial charge in [0.25, 0.3) is 0 Å². The Kier molecular flexibility index (Phi) is 10.8. The van der Waals surface area contributed by atoms with E-state index in [0.717, 1.165) is 26.4 Å². The molecule has 0 aliphatic carbocycles. The van der Waals surface area contributed by atoms with Crippen LogP contribution in [0.15, 0.2) is 0 Å². The number of ether oxygens (including phenoxy) is 2. The number of hydrogen-bond acceptors (Lipinski definition) is 2. The van der Waals surface area contributed by atoms with Gasteiger partial charge in [-0.2, -0.15) is 0 Å². The summed E-state index contributed by atoms with van der Waals surface area (Å²) in [5, 5.41) is 0. The van der Waals surface area contributed by atoms with Gasteiger partial charge in [-0.25, -0.2) is 0 Å². The molecule has 0 radical (unpaired) electrons. The molecule has 0 N–H and O–H groups in total. The van der Waals surface area contributed by atoms with E-state index >= 15 is 0 Å². The minimum absolute atomic E-state index is 0.955. The lowest BCUT2D eigenvalue weighted by Gasteiger charge is -1.99. The molecule has 0 amide bonds. The van der Waals surface area contributed by atoms with Crippen LogP contribution in [0.5, 0.6) is 0 Å². The van der Waals surface area contributed by atoms with E-state index in [0.29, 0.717) is 0 Å². The Balaban J connectivity index is 0.000000330. The van der Waals surface area contributed by atoms with Crippen LogP contribution in [0.4, 0.5) is 0 Å². The fourth-order valence-corrected chi connectivity index (χ4v) is 0.595. The van der Waals surface area contributed by atoms with Crippen molar-refractivity contribution >= 4 is 0 Å². The molecule has 1 aliphatic rings. The Bertz CT molecular complexity index is 63.5. The van der Waals surface area contributed by atoms with Crippen molar-refractivity contribution in [3.8, 4) is 0 Å². The van der Waals surface area contributed by atoms with Crippen molar-refractivity contribution in [3.05, 3.63) is 0 Å². The Morgan fingerprint density at radius 3 is 1.67 bits per heavy atom. The summed E-state index contributed by atoms with van der Waals surface area (Å²) in [6.07, 6.45) is 4.91. The van der Waals surface area contributed by atoms with E-state index < -0.39 is 0 Å². The van der Waals surface area contributed by atoms with Crippen molar-refractivity contribution in [2.75, 3.05) is 26.4 Å². The topological polar surface area (TPSA) is 21.8 Å². The Labute approximate surface area is 76.3 Å². The SMILES string of the molecule is C1CO1.CCCCOCCCC. The average Bonchev–Trinajstić information content (AvgIpc) is 2.90. The zero-order valence-corrected chi connectivity index (χ0v) is 8.47. The molecule has 1 heterocycles. The molecular weight excluding hydrogens is 152 g/mol. The van der Waals surface area contributed by atoms with Gasteiger partial charge in [0.2, 0.25) is 0 Å². The van der Waals surface area contributed by atoms with Crippen LogP contribution < -0.4 is 0 Å². The predicted molar refractivity (Wildman–Crippen MR) is 51.5 cm³/mol. The van der Waals surface area contributed by atoms with Crippen LogP contribution in [-0.4, -0.2) is 26.4 Å². The Morgan fingerprint density at radius 2 is 1.42 bits per heavy atom. The second kappa shape index (κ2) is 10.9. The van der Waals surface area contributed by atoms with Gasteiger partial charge in [-0.15, -0.1) is 0 Å². The standard InChI is InChI=1S/C8H18O.C2H4O/c1-3-5-7-9-8-6-4-2;1-2-3-1/h3-8H2,1-2H3;1-2H2. The normalized spacial score (nSPS) is 13.5. The highest BCUT2D eigenvalue weighted by Crippen LogP contribution is 1.91. The van der Waals surface area contributed by atoms with Crippen LogP contribution >= 0.6 is 0 Å². The van der Waals surface area contributed by atoms with Crippen molar-refractivity contribution in [1.29, 1.82) is 0 Å². The third-order valence-electron chi connectivity index (χ3n) is 1.49. The van der Waals surface area contributed by atoms with E-state index in [9.17, 15) is 0 Å². The van der Waals surface area contributed by atoms with Gasteiger partial charge >= 0.3 is 0 Å². The van der Waals surface area contributed by atoms with Crippen molar-refractivity contribution in [3.63, 3.8) is 0 Å². The van der Waals surface area contributed by atoms with Gasteiger partial charge in [-0.05, 0) is 12.8 Å². The molecule has 1 rings (SSSR count). The van der Waals surface area contributed by atoms with Crippen LogP contribution in [0.2, 0.25) is 0 Å². The van der Waals surface area contributed by atoms with Gasteiger partial charge in [0.15, 0.2) is 0 Å². The molecule has 0 bridgehead atoms. The first-order chi connectivity index (χ1) is 5.91. The predicted octanol–water partition coefficient (Wildman–Crippen LogP) is 2.62. The molecule has 0 spiro atoms. The molecule has 0 unspecified atom stereocenters. The maximum absolute atomic E-state index is 5.31. The first-order valence-electron chi connectivity index (χ1n) is 5.07. The molecule has 1 fully saturated rings. The van der Waals surface area contributed by atoms with Gasteiger partial charge in [-0.1, -0.05) is 26.7 Å². The average molecular weight is 174 g/mol. The minimum Gasteiger partial charge on any atom is -0.381 e. The Morgan fingerprint density at radius 1 is 1.00 bits per heavy atom. The zero-order chi connectivity index (χ0) is 9.07. The number of hydrogen-bond donors (Lipinski definition) is 0. The summed E-state index contributed by atoms with van der Waals surface area (Å²) in [5.74, 6) is 0. The van der Waals surface area contributed by atoms with Gasteiger partial charge in [-0.3, -0.25) is 0 Å². The summed E-state index contributed by atoms with van der Waals surface area (Å²) < 4.78 is 9.81. The highest BCUT2D eigenvalue weighted by molar-refractivity contribution is 4.36. The zero-order valence-electron chi connectivity index (χ0n) is 8.47. The molecular formula is C10H22O2. The third kappa shape index (κ3) is 16.5. The molecule has 1 aliphatic heterocycles. The summed E-state index contributed by atoms with van der Waals surface area (Å²) in [7, 11) is 0. The van der Waals surface area contributed by atoms with Crippen LogP contribution in [0, 0.1) is 0 Å². The number of unbranched alkanes of at least 4 members (excludes halogenated alkanes) is 2. The molecule has 0 aromatic rings. The lowest BCUT2D eigenvalue weighted by Crippen LogP contribution is -1.95. The molecule has 0 atom stereocenters. The highest BCUT2D eigenvalue weighted by atomic mass is 16.6. The van der Waals surface area contributed by atoms with E-state index in [1.54, 1.807) is 0 Å². The molecule has 74 valence electrons. The van der Waals surface area contributed by atoms with Gasteiger partial charge in [0.1, 0.15) is 0 Å². The third-order valence-corrected chi connectivity index (χ3v) is 1.49. The molecule has 0 saturated carbocycles. The summed E-state index contributed by atoms with van der Waals surface area (Å²) in [4.78, 5) is 0. The first kappa shape index (κ1) is 11.9. The van der Waals surface area contributed by atoms with Crippen molar-refractivity contribution in [2.24, 2.45) is 0 Å². The maximum Gasteiger partial charge on any atom is 0.0701 e. The maximum atomic E-state index is 5.31. The molecule has 0 aromatic carbocycles. The monoisotopic (exact) mass is 174 g/mol. The summed E-state index contributed by atoms with van der Waals surface area (Å²) in [6.45, 7) is 8.28. The quantitative estimate of drug-likeness (QED) is 0.456. The Hall–Kier alpha value is -0.0800. The van der Waals surface area contributed by atoms with Gasteiger partial charge < -0.3 is 9.47 Å². The van der Waals surface area contributed by atoms with Crippen LogP contribution in [0.25, 0.3) is 0 Å². The number of rotatable bonds is 6. The summed E-state index contributed by atoms with van der Waals surface area (Å²) in [6, 6.07) is 0. The van der Waals surface area contributed by atoms with Crippen molar-refractivity contribution in [1.82, 2.24) is 0 Å². The van der Waals surface area contributed by atoms with Crippen molar-refractivity contribution in [2.45, 2.75) is 39.5 Å².